The molecule has 1 aromatic rings. The first-order valence-corrected chi connectivity index (χ1v) is 4.22. The van der Waals surface area contributed by atoms with Crippen molar-refractivity contribution >= 4 is 22.0 Å². The minimum Gasteiger partial charge on any atom is -0.313 e. The van der Waals surface area contributed by atoms with Crippen molar-refractivity contribution in [1.82, 2.24) is 9.97 Å². The van der Waals surface area contributed by atoms with Gasteiger partial charge >= 0.3 is 0 Å². The maximum Gasteiger partial charge on any atom is 0.257 e. The maximum atomic E-state index is 11.0. The molecule has 1 aromatic heterocycles. The summed E-state index contributed by atoms with van der Waals surface area (Å²) >= 11 is 3.21. The first-order chi connectivity index (χ1) is 5.34. The molecule has 1 rings (SSSR count). The number of hydrogen-bond donors (Lipinski definition) is 1. The summed E-state index contributed by atoms with van der Waals surface area (Å²) < 4.78 is 0. The maximum absolute atomic E-state index is 11.0. The number of nitrogens with zero attached hydrogens (tertiary/aromatic N) is 1. The van der Waals surface area contributed by atoms with Crippen LogP contribution in [-0.4, -0.2) is 15.3 Å². The van der Waals surface area contributed by atoms with E-state index >= 15 is 0 Å². The molecular weight excluding hydrogens is 208 g/mol. The number of rotatable bonds is 2. The fourth-order valence-corrected chi connectivity index (χ4v) is 0.833. The second-order valence-electron chi connectivity index (χ2n) is 1.89. The molecule has 11 heavy (non-hydrogen) atoms. The molecule has 4 heteroatoms. The van der Waals surface area contributed by atoms with Crippen LogP contribution in [0.15, 0.2) is 23.4 Å². The Labute approximate surface area is 72.3 Å². The van der Waals surface area contributed by atoms with E-state index in [1.165, 1.54) is 12.5 Å². The molecule has 0 aromatic carbocycles. The van der Waals surface area contributed by atoms with Gasteiger partial charge in [-0.3, -0.25) is 4.79 Å². The lowest BCUT2D eigenvalue weighted by Gasteiger charge is -1.87. The highest BCUT2D eigenvalue weighted by Crippen LogP contribution is 1.91. The van der Waals surface area contributed by atoms with Gasteiger partial charge in [0, 0.05) is 11.5 Å². The monoisotopic (exact) mass is 214 g/mol. The fraction of sp³-hybridized carbons (Fsp3) is 0.143. The van der Waals surface area contributed by atoms with Gasteiger partial charge in [-0.2, -0.15) is 0 Å². The van der Waals surface area contributed by atoms with E-state index in [1.54, 1.807) is 6.08 Å². The predicted octanol–water partition coefficient (Wildman–Crippen LogP) is 1.18. The number of H-pyrrole nitrogens is 1. The Bertz CT molecular complexity index is 305. The summed E-state index contributed by atoms with van der Waals surface area (Å²) in [6.07, 6.45) is 6.46. The van der Waals surface area contributed by atoms with Crippen molar-refractivity contribution in [3.05, 3.63) is 34.5 Å². The highest BCUT2D eigenvalue weighted by Gasteiger charge is 1.90. The Balaban J connectivity index is 2.95. The van der Waals surface area contributed by atoms with Gasteiger partial charge in [0.25, 0.3) is 5.56 Å². The fourth-order valence-electron chi connectivity index (χ4n) is 0.646. The van der Waals surface area contributed by atoms with E-state index in [4.69, 9.17) is 0 Å². The van der Waals surface area contributed by atoms with Crippen LogP contribution in [0.3, 0.4) is 0 Å². The zero-order valence-electron chi connectivity index (χ0n) is 5.75. The molecule has 1 heterocycles. The third kappa shape index (κ3) is 2.31. The molecule has 3 nitrogen and oxygen atoms in total. The van der Waals surface area contributed by atoms with Crippen molar-refractivity contribution in [2.75, 3.05) is 5.33 Å². The van der Waals surface area contributed by atoms with Gasteiger partial charge in [0.1, 0.15) is 0 Å². The van der Waals surface area contributed by atoms with Crippen LogP contribution in [0.1, 0.15) is 5.56 Å². The molecule has 0 aliphatic heterocycles. The van der Waals surface area contributed by atoms with Gasteiger partial charge in [-0.25, -0.2) is 4.98 Å². The van der Waals surface area contributed by atoms with Crippen LogP contribution in [0.25, 0.3) is 6.08 Å². The topological polar surface area (TPSA) is 45.8 Å². The van der Waals surface area contributed by atoms with Gasteiger partial charge < -0.3 is 4.98 Å². The first-order valence-electron chi connectivity index (χ1n) is 3.10. The Hall–Kier alpha value is -0.900. The predicted molar refractivity (Wildman–Crippen MR) is 47.7 cm³/mol. The molecule has 0 unspecified atom stereocenters. The molecule has 58 valence electrons. The molecule has 0 aliphatic carbocycles. The van der Waals surface area contributed by atoms with Gasteiger partial charge in [-0.05, 0) is 0 Å². The molecule has 0 radical (unpaired) electrons. The van der Waals surface area contributed by atoms with E-state index < -0.39 is 0 Å². The average molecular weight is 215 g/mol. The average Bonchev–Trinajstić information content (AvgIpc) is 2.03. The number of aromatic amines is 1. The molecular formula is C7H7BrN2O. The molecule has 0 spiro atoms. The summed E-state index contributed by atoms with van der Waals surface area (Å²) in [5.74, 6) is 0. The number of hydrogen-bond acceptors (Lipinski definition) is 2. The minimum absolute atomic E-state index is 0.114. The number of alkyl halides is 1. The molecule has 0 bridgehead atoms. The summed E-state index contributed by atoms with van der Waals surface area (Å²) in [7, 11) is 0. The Morgan fingerprint density at radius 1 is 1.73 bits per heavy atom. The largest absolute Gasteiger partial charge is 0.313 e. The zero-order chi connectivity index (χ0) is 8.10. The van der Waals surface area contributed by atoms with Crippen LogP contribution in [0.5, 0.6) is 0 Å². The smallest absolute Gasteiger partial charge is 0.257 e. The summed E-state index contributed by atoms with van der Waals surface area (Å²) in [5.41, 5.74) is 0.462. The number of aromatic nitrogens is 2. The summed E-state index contributed by atoms with van der Waals surface area (Å²) in [4.78, 5) is 17.2. The second-order valence-corrected chi connectivity index (χ2v) is 2.54. The molecule has 0 fully saturated rings. The first kappa shape index (κ1) is 8.20. The molecule has 0 saturated carbocycles. The van der Waals surface area contributed by atoms with E-state index in [0.717, 1.165) is 5.33 Å². The Morgan fingerprint density at radius 3 is 3.18 bits per heavy atom. The van der Waals surface area contributed by atoms with Gasteiger partial charge in [-0.1, -0.05) is 28.1 Å². The SMILES string of the molecule is O=c1[nH]cncc1C=CCBr. The van der Waals surface area contributed by atoms with E-state index in [9.17, 15) is 4.79 Å². The molecule has 0 amide bonds. The van der Waals surface area contributed by atoms with Crippen molar-refractivity contribution in [3.63, 3.8) is 0 Å². The Morgan fingerprint density at radius 2 is 2.55 bits per heavy atom. The highest BCUT2D eigenvalue weighted by atomic mass is 79.9. The van der Waals surface area contributed by atoms with Crippen molar-refractivity contribution in [2.24, 2.45) is 0 Å². The Kier molecular flexibility index (Phi) is 3.04. The lowest BCUT2D eigenvalue weighted by molar-refractivity contribution is 1.11. The van der Waals surface area contributed by atoms with Crippen molar-refractivity contribution in [1.29, 1.82) is 0 Å². The van der Waals surface area contributed by atoms with Crippen LogP contribution >= 0.6 is 15.9 Å². The van der Waals surface area contributed by atoms with Crippen LogP contribution in [0.2, 0.25) is 0 Å². The van der Waals surface area contributed by atoms with Gasteiger partial charge in [0.05, 0.1) is 11.9 Å². The second kappa shape index (κ2) is 4.08. The van der Waals surface area contributed by atoms with Gasteiger partial charge in [-0.15, -0.1) is 0 Å². The molecule has 1 N–H and O–H groups in total. The quantitative estimate of drug-likeness (QED) is 0.752. The number of halogens is 1. The molecule has 0 aliphatic rings. The van der Waals surface area contributed by atoms with E-state index in [0.29, 0.717) is 5.56 Å². The minimum atomic E-state index is -0.114. The highest BCUT2D eigenvalue weighted by molar-refractivity contribution is 9.09. The van der Waals surface area contributed by atoms with Gasteiger partial charge in [0.2, 0.25) is 0 Å². The van der Waals surface area contributed by atoms with Crippen molar-refractivity contribution in [2.45, 2.75) is 0 Å². The third-order valence-corrected chi connectivity index (χ3v) is 1.51. The summed E-state index contributed by atoms with van der Waals surface area (Å²) in [5, 5.41) is 0.737. The number of allylic oxidation sites excluding steroid dienone is 1. The normalized spacial score (nSPS) is 10.6. The van der Waals surface area contributed by atoms with Crippen molar-refractivity contribution < 1.29 is 0 Å². The van der Waals surface area contributed by atoms with Crippen LogP contribution in [-0.2, 0) is 0 Å². The molecule has 0 saturated heterocycles. The summed E-state index contributed by atoms with van der Waals surface area (Å²) in [6.45, 7) is 0. The van der Waals surface area contributed by atoms with Crippen LogP contribution < -0.4 is 5.56 Å². The summed E-state index contributed by atoms with van der Waals surface area (Å²) in [6, 6.07) is 0. The van der Waals surface area contributed by atoms with Crippen LogP contribution in [0.4, 0.5) is 0 Å². The van der Waals surface area contributed by atoms with Crippen molar-refractivity contribution in [3.8, 4) is 0 Å². The van der Waals surface area contributed by atoms with Crippen LogP contribution in [0, 0.1) is 0 Å². The van der Waals surface area contributed by atoms with Gasteiger partial charge in [0.15, 0.2) is 0 Å². The number of nitrogens with one attached hydrogen (secondary N) is 1. The third-order valence-electron chi connectivity index (χ3n) is 1.13. The van der Waals surface area contributed by atoms with E-state index in [1.807, 2.05) is 6.08 Å². The van der Waals surface area contributed by atoms with E-state index in [2.05, 4.69) is 25.9 Å². The van der Waals surface area contributed by atoms with E-state index in [-0.39, 0.29) is 5.56 Å². The standard InChI is InChI=1S/C7H7BrN2O/c8-3-1-2-6-4-9-5-10-7(6)11/h1-2,4-5H,3H2,(H,9,10,11). The lowest BCUT2D eigenvalue weighted by Crippen LogP contribution is -2.08. The zero-order valence-corrected chi connectivity index (χ0v) is 7.34. The lowest BCUT2D eigenvalue weighted by atomic mass is 10.3. The molecule has 0 atom stereocenters.